The minimum atomic E-state index is -0.249. The molecule has 0 spiro atoms. The Hall–Kier alpha value is -1.84. The second-order valence-electron chi connectivity index (χ2n) is 6.01. The Kier molecular flexibility index (Phi) is 5.31. The molecule has 0 saturated carbocycles. The highest BCUT2D eigenvalue weighted by molar-refractivity contribution is 5.93. The summed E-state index contributed by atoms with van der Waals surface area (Å²) < 4.78 is 0. The van der Waals surface area contributed by atoms with E-state index < -0.39 is 0 Å². The van der Waals surface area contributed by atoms with Gasteiger partial charge in [0.15, 0.2) is 0 Å². The molecule has 1 aromatic rings. The van der Waals surface area contributed by atoms with Crippen LogP contribution in [0.25, 0.3) is 0 Å². The monoisotopic (exact) mass is 276 g/mol. The summed E-state index contributed by atoms with van der Waals surface area (Å²) in [5.41, 5.74) is 1.64. The van der Waals surface area contributed by atoms with E-state index in [4.69, 9.17) is 0 Å². The molecule has 4 nitrogen and oxygen atoms in total. The number of carbonyl (C=O) groups excluding carboxylic acids is 2. The lowest BCUT2D eigenvalue weighted by Crippen LogP contribution is -2.42. The molecule has 4 heteroatoms. The fourth-order valence-corrected chi connectivity index (χ4v) is 2.01. The molecule has 0 bridgehead atoms. The lowest BCUT2D eigenvalue weighted by molar-refractivity contribution is -0.122. The molecule has 0 aliphatic carbocycles. The Labute approximate surface area is 121 Å². The van der Waals surface area contributed by atoms with Crippen LogP contribution >= 0.6 is 0 Å². The number of anilines is 1. The van der Waals surface area contributed by atoms with Crippen LogP contribution in [-0.4, -0.2) is 23.9 Å². The molecule has 0 aliphatic heterocycles. The number of nitrogens with one attached hydrogen (secondary N) is 1. The highest BCUT2D eigenvalue weighted by Crippen LogP contribution is 2.19. The van der Waals surface area contributed by atoms with Crippen LogP contribution in [0.3, 0.4) is 0 Å². The number of benzene rings is 1. The van der Waals surface area contributed by atoms with E-state index in [1.54, 1.807) is 4.90 Å². The summed E-state index contributed by atoms with van der Waals surface area (Å²) in [5, 5.41) is 2.90. The van der Waals surface area contributed by atoms with Crippen LogP contribution in [-0.2, 0) is 9.59 Å². The van der Waals surface area contributed by atoms with Gasteiger partial charge in [0, 0.05) is 31.1 Å². The van der Waals surface area contributed by atoms with Crippen molar-refractivity contribution in [3.05, 3.63) is 29.8 Å². The first-order chi connectivity index (χ1) is 9.20. The molecule has 2 amide bonds. The van der Waals surface area contributed by atoms with Gasteiger partial charge >= 0.3 is 0 Å². The van der Waals surface area contributed by atoms with Crippen molar-refractivity contribution in [3.63, 3.8) is 0 Å². The Morgan fingerprint density at radius 1 is 1.20 bits per heavy atom. The van der Waals surface area contributed by atoms with Crippen molar-refractivity contribution in [1.82, 2.24) is 5.32 Å². The highest BCUT2D eigenvalue weighted by Gasteiger charge is 2.17. The summed E-state index contributed by atoms with van der Waals surface area (Å²) in [7, 11) is 0. The molecule has 110 valence electrons. The average Bonchev–Trinajstić information content (AvgIpc) is 2.28. The number of para-hydroxylation sites is 1. The second-order valence-corrected chi connectivity index (χ2v) is 6.01. The largest absolute Gasteiger partial charge is 0.351 e. The van der Waals surface area contributed by atoms with Gasteiger partial charge in [-0.2, -0.15) is 0 Å². The third-order valence-electron chi connectivity index (χ3n) is 2.86. The van der Waals surface area contributed by atoms with Gasteiger partial charge in [-0.15, -0.1) is 0 Å². The normalized spacial score (nSPS) is 11.1. The summed E-state index contributed by atoms with van der Waals surface area (Å²) in [6, 6.07) is 7.69. The smallest absolute Gasteiger partial charge is 0.223 e. The van der Waals surface area contributed by atoms with Crippen molar-refractivity contribution in [2.45, 2.75) is 46.6 Å². The fraction of sp³-hybridized carbons (Fsp3) is 0.500. The van der Waals surface area contributed by atoms with E-state index in [-0.39, 0.29) is 17.4 Å². The predicted octanol–water partition coefficient (Wildman–Crippen LogP) is 2.65. The Morgan fingerprint density at radius 2 is 1.80 bits per heavy atom. The second kappa shape index (κ2) is 6.55. The van der Waals surface area contributed by atoms with Crippen molar-refractivity contribution in [2.24, 2.45) is 0 Å². The Bertz CT molecular complexity index is 489. The van der Waals surface area contributed by atoms with Crippen LogP contribution in [0.4, 0.5) is 5.69 Å². The van der Waals surface area contributed by atoms with Gasteiger partial charge in [0.1, 0.15) is 0 Å². The SMILES string of the molecule is CC(=O)N(CCC(=O)NC(C)(C)C)c1ccccc1C. The number of nitrogens with zero attached hydrogens (tertiary/aromatic N) is 1. The lowest BCUT2D eigenvalue weighted by Gasteiger charge is -2.25. The molecule has 0 atom stereocenters. The summed E-state index contributed by atoms with van der Waals surface area (Å²) >= 11 is 0. The minimum Gasteiger partial charge on any atom is -0.351 e. The Balaban J connectivity index is 2.73. The van der Waals surface area contributed by atoms with Crippen molar-refractivity contribution in [2.75, 3.05) is 11.4 Å². The first-order valence-electron chi connectivity index (χ1n) is 6.85. The number of amides is 2. The van der Waals surface area contributed by atoms with Crippen LogP contribution < -0.4 is 10.2 Å². The molecule has 1 rings (SSSR count). The van der Waals surface area contributed by atoms with E-state index in [0.717, 1.165) is 11.3 Å². The molecule has 0 aromatic heterocycles. The van der Waals surface area contributed by atoms with Crippen LogP contribution in [0, 0.1) is 6.92 Å². The number of rotatable bonds is 4. The van der Waals surface area contributed by atoms with E-state index in [2.05, 4.69) is 5.32 Å². The zero-order valence-electron chi connectivity index (χ0n) is 13.0. The van der Waals surface area contributed by atoms with E-state index >= 15 is 0 Å². The maximum Gasteiger partial charge on any atom is 0.223 e. The van der Waals surface area contributed by atoms with Crippen molar-refractivity contribution >= 4 is 17.5 Å². The molecule has 20 heavy (non-hydrogen) atoms. The third kappa shape index (κ3) is 5.03. The minimum absolute atomic E-state index is 0.0441. The van der Waals surface area contributed by atoms with E-state index in [0.29, 0.717) is 13.0 Å². The average molecular weight is 276 g/mol. The number of carbonyl (C=O) groups is 2. The van der Waals surface area contributed by atoms with Gasteiger partial charge < -0.3 is 10.2 Å². The molecular formula is C16H24N2O2. The number of hydrogen-bond donors (Lipinski definition) is 1. The van der Waals surface area contributed by atoms with Crippen molar-refractivity contribution < 1.29 is 9.59 Å². The van der Waals surface area contributed by atoms with Crippen LogP contribution in [0.5, 0.6) is 0 Å². The molecular weight excluding hydrogens is 252 g/mol. The summed E-state index contributed by atoms with van der Waals surface area (Å²) in [6.45, 7) is 9.69. The van der Waals surface area contributed by atoms with E-state index in [1.807, 2.05) is 52.0 Å². The molecule has 0 fully saturated rings. The van der Waals surface area contributed by atoms with Gasteiger partial charge in [-0.05, 0) is 39.3 Å². The van der Waals surface area contributed by atoms with Gasteiger partial charge in [-0.25, -0.2) is 0 Å². The van der Waals surface area contributed by atoms with Gasteiger partial charge in [0.05, 0.1) is 0 Å². The maximum atomic E-state index is 11.9. The molecule has 0 aliphatic rings. The van der Waals surface area contributed by atoms with Crippen molar-refractivity contribution in [1.29, 1.82) is 0 Å². The molecule has 0 heterocycles. The Morgan fingerprint density at radius 3 is 2.30 bits per heavy atom. The topological polar surface area (TPSA) is 49.4 Å². The lowest BCUT2D eigenvalue weighted by atomic mass is 10.1. The van der Waals surface area contributed by atoms with Crippen LogP contribution in [0.15, 0.2) is 24.3 Å². The summed E-state index contributed by atoms with van der Waals surface area (Å²) in [4.78, 5) is 25.3. The molecule has 0 radical (unpaired) electrons. The van der Waals surface area contributed by atoms with Crippen LogP contribution in [0.1, 0.15) is 39.7 Å². The standard InChI is InChI=1S/C16H24N2O2/c1-12-8-6-7-9-14(12)18(13(2)19)11-10-15(20)17-16(3,4)5/h6-9H,10-11H2,1-5H3,(H,17,20). The summed E-state index contributed by atoms with van der Waals surface area (Å²) in [5.74, 6) is -0.0970. The highest BCUT2D eigenvalue weighted by atomic mass is 16.2. The molecule has 0 unspecified atom stereocenters. The van der Waals surface area contributed by atoms with Gasteiger partial charge in [0.25, 0.3) is 0 Å². The predicted molar refractivity (Wildman–Crippen MR) is 81.7 cm³/mol. The van der Waals surface area contributed by atoms with E-state index in [1.165, 1.54) is 6.92 Å². The molecule has 1 N–H and O–H groups in total. The van der Waals surface area contributed by atoms with Crippen LogP contribution in [0.2, 0.25) is 0 Å². The number of aryl methyl sites for hydroxylation is 1. The number of hydrogen-bond acceptors (Lipinski definition) is 2. The maximum absolute atomic E-state index is 11.9. The van der Waals surface area contributed by atoms with Gasteiger partial charge in [0.2, 0.25) is 11.8 Å². The fourth-order valence-electron chi connectivity index (χ4n) is 2.01. The van der Waals surface area contributed by atoms with Gasteiger partial charge in [-0.3, -0.25) is 9.59 Å². The first kappa shape index (κ1) is 16.2. The summed E-state index contributed by atoms with van der Waals surface area (Å²) in [6.07, 6.45) is 0.297. The third-order valence-corrected chi connectivity index (χ3v) is 2.86. The molecule has 1 aromatic carbocycles. The quantitative estimate of drug-likeness (QED) is 0.919. The van der Waals surface area contributed by atoms with Gasteiger partial charge in [-0.1, -0.05) is 18.2 Å². The van der Waals surface area contributed by atoms with E-state index in [9.17, 15) is 9.59 Å². The van der Waals surface area contributed by atoms with Crippen molar-refractivity contribution in [3.8, 4) is 0 Å². The first-order valence-corrected chi connectivity index (χ1v) is 6.85. The zero-order valence-corrected chi connectivity index (χ0v) is 13.0. The zero-order chi connectivity index (χ0) is 15.3. The molecule has 0 saturated heterocycles.